The molecule has 6 heterocycles. The lowest BCUT2D eigenvalue weighted by atomic mass is 9.73. The van der Waals surface area contributed by atoms with Crippen LogP contribution in [0.1, 0.15) is 48.7 Å². The fraction of sp³-hybridized carbons (Fsp3) is 0.533. The second-order valence-electron chi connectivity index (χ2n) is 11.7. The summed E-state index contributed by atoms with van der Waals surface area (Å²) in [6.45, 7) is 3.88. The first kappa shape index (κ1) is 26.9. The molecule has 0 unspecified atom stereocenters. The Morgan fingerprint density at radius 3 is 2.85 bits per heavy atom. The smallest absolute Gasteiger partial charge is 0.175 e. The number of nitrogens with zero attached hydrogens (tertiary/aromatic N) is 6. The van der Waals surface area contributed by atoms with E-state index in [9.17, 15) is 5.11 Å². The van der Waals surface area contributed by atoms with Gasteiger partial charge < -0.3 is 30.1 Å². The number of rotatable bonds is 7. The highest BCUT2D eigenvalue weighted by molar-refractivity contribution is 7.99. The summed E-state index contributed by atoms with van der Waals surface area (Å²) in [7, 11) is 1.76. The van der Waals surface area contributed by atoms with Crippen molar-refractivity contribution in [2.45, 2.75) is 60.7 Å². The van der Waals surface area contributed by atoms with E-state index < -0.39 is 0 Å². The van der Waals surface area contributed by atoms with Crippen LogP contribution in [0.4, 0.5) is 11.6 Å². The van der Waals surface area contributed by atoms with Gasteiger partial charge in [0.15, 0.2) is 17.4 Å². The molecule has 11 heteroatoms. The van der Waals surface area contributed by atoms with Gasteiger partial charge in [0.1, 0.15) is 17.3 Å². The molecular formula is C30H37N7O3S. The summed E-state index contributed by atoms with van der Waals surface area (Å²) in [4.78, 5) is 24.5. The summed E-state index contributed by atoms with van der Waals surface area (Å²) in [5, 5.41) is 11.0. The first-order chi connectivity index (χ1) is 20.1. The Hall–Kier alpha value is -2.99. The lowest BCUT2D eigenvalue weighted by Gasteiger charge is -2.42. The standard InChI is InChI=1S/C30H37N7O3S/c1-39-12-5-19-13-20-18-40-26-24(4-9-33-29(26)37(20)16-19)41-25-15-34-28(23(17-38)35-25)36-10-6-30(7-11-36)14-22-21(27(30)31)3-2-8-32-22/h2-4,8-9,15,19-20,27,38H,5-7,10-14,16-18,31H2,1H3/t19-,20-,27+/m0/s1. The Labute approximate surface area is 244 Å². The third kappa shape index (κ3) is 4.82. The monoisotopic (exact) mass is 575 g/mol. The Kier molecular flexibility index (Phi) is 7.22. The fourth-order valence-electron chi connectivity index (χ4n) is 7.19. The lowest BCUT2D eigenvalue weighted by molar-refractivity contribution is 0.179. The molecule has 7 rings (SSSR count). The van der Waals surface area contributed by atoms with E-state index in [0.29, 0.717) is 24.3 Å². The van der Waals surface area contributed by atoms with E-state index in [1.807, 2.05) is 24.5 Å². The van der Waals surface area contributed by atoms with Crippen LogP contribution in [0.5, 0.6) is 5.75 Å². The molecule has 3 aromatic heterocycles. The number of fused-ring (bicyclic) bond motifs is 4. The van der Waals surface area contributed by atoms with E-state index in [1.54, 1.807) is 13.3 Å². The van der Waals surface area contributed by atoms with Gasteiger partial charge in [-0.05, 0) is 61.1 Å². The first-order valence-corrected chi connectivity index (χ1v) is 15.4. The van der Waals surface area contributed by atoms with E-state index in [-0.39, 0.29) is 18.1 Å². The topological polar surface area (TPSA) is 123 Å². The molecule has 216 valence electrons. The number of piperidine rings is 1. The normalized spacial score (nSPS) is 24.2. The molecule has 3 atom stereocenters. The number of pyridine rings is 2. The molecule has 1 aliphatic carbocycles. The van der Waals surface area contributed by atoms with Crippen molar-refractivity contribution in [2.75, 3.05) is 49.8 Å². The largest absolute Gasteiger partial charge is 0.486 e. The van der Waals surface area contributed by atoms with Gasteiger partial charge in [-0.15, -0.1) is 0 Å². The van der Waals surface area contributed by atoms with Gasteiger partial charge >= 0.3 is 0 Å². The molecule has 3 aromatic rings. The van der Waals surface area contributed by atoms with Crippen LogP contribution in [0.25, 0.3) is 0 Å². The highest BCUT2D eigenvalue weighted by atomic mass is 32.2. The number of methoxy groups -OCH3 is 1. The molecule has 10 nitrogen and oxygen atoms in total. The minimum atomic E-state index is -0.170. The quantitative estimate of drug-likeness (QED) is 0.431. The van der Waals surface area contributed by atoms with Crippen molar-refractivity contribution < 1.29 is 14.6 Å². The van der Waals surface area contributed by atoms with Gasteiger partial charge in [-0.1, -0.05) is 17.8 Å². The molecule has 2 saturated heterocycles. The Balaban J connectivity index is 1.05. The maximum absolute atomic E-state index is 10.3. The van der Waals surface area contributed by atoms with Gasteiger partial charge in [0.2, 0.25) is 0 Å². The second-order valence-corrected chi connectivity index (χ2v) is 12.8. The van der Waals surface area contributed by atoms with Gasteiger partial charge in [0, 0.05) is 57.5 Å². The summed E-state index contributed by atoms with van der Waals surface area (Å²) >= 11 is 1.51. The molecule has 0 radical (unpaired) electrons. The van der Waals surface area contributed by atoms with Crippen LogP contribution in [0.3, 0.4) is 0 Å². The number of nitrogens with two attached hydrogens (primary N) is 1. The van der Waals surface area contributed by atoms with E-state index in [0.717, 1.165) is 91.3 Å². The third-order valence-corrected chi connectivity index (χ3v) is 10.4. The number of ether oxygens (including phenoxy) is 2. The average Bonchev–Trinajstić information content (AvgIpc) is 3.55. The van der Waals surface area contributed by atoms with E-state index in [1.165, 1.54) is 17.3 Å². The fourth-order valence-corrected chi connectivity index (χ4v) is 8.04. The number of aliphatic hydroxyl groups excluding tert-OH is 1. The number of hydrogen-bond acceptors (Lipinski definition) is 11. The van der Waals surface area contributed by atoms with Gasteiger partial charge in [0.25, 0.3) is 0 Å². The Bertz CT molecular complexity index is 1420. The predicted octanol–water partition coefficient (Wildman–Crippen LogP) is 3.38. The summed E-state index contributed by atoms with van der Waals surface area (Å²) < 4.78 is 11.6. The Morgan fingerprint density at radius 2 is 2.05 bits per heavy atom. The average molecular weight is 576 g/mol. The molecule has 0 bridgehead atoms. The molecule has 3 N–H and O–H groups in total. The molecule has 0 aromatic carbocycles. The maximum atomic E-state index is 10.3. The molecular weight excluding hydrogens is 538 g/mol. The van der Waals surface area contributed by atoms with Crippen LogP contribution in [0.2, 0.25) is 0 Å². The summed E-state index contributed by atoms with van der Waals surface area (Å²) in [5.74, 6) is 3.05. The minimum absolute atomic E-state index is 0.0103. The van der Waals surface area contributed by atoms with Gasteiger partial charge in [0.05, 0.1) is 23.7 Å². The molecule has 3 aliphatic heterocycles. The van der Waals surface area contributed by atoms with Crippen molar-refractivity contribution in [3.8, 4) is 5.75 Å². The Morgan fingerprint density at radius 1 is 1.17 bits per heavy atom. The van der Waals surface area contributed by atoms with Crippen LogP contribution in [-0.4, -0.2) is 71.0 Å². The van der Waals surface area contributed by atoms with Gasteiger partial charge in [-0.3, -0.25) is 4.98 Å². The molecule has 4 aliphatic rings. The van der Waals surface area contributed by atoms with Crippen LogP contribution in [0, 0.1) is 11.3 Å². The van der Waals surface area contributed by atoms with Crippen LogP contribution in [-0.2, 0) is 17.8 Å². The van der Waals surface area contributed by atoms with Crippen molar-refractivity contribution in [1.29, 1.82) is 0 Å². The molecule has 2 fully saturated rings. The van der Waals surface area contributed by atoms with Crippen molar-refractivity contribution in [3.05, 3.63) is 53.7 Å². The SMILES string of the molecule is COCC[C@H]1C[C@H]2COc3c(Sc4cnc(N5CCC6(CC5)Cc5ncccc5[C@H]6N)c(CO)n4)ccnc3N2C1. The number of aromatic nitrogens is 4. The summed E-state index contributed by atoms with van der Waals surface area (Å²) in [5.41, 5.74) is 9.69. The number of hydrogen-bond donors (Lipinski definition) is 2. The zero-order chi connectivity index (χ0) is 28.0. The lowest BCUT2D eigenvalue weighted by Crippen LogP contribution is -2.45. The molecule has 41 heavy (non-hydrogen) atoms. The van der Waals surface area contributed by atoms with Crippen LogP contribution >= 0.6 is 11.8 Å². The molecule has 0 saturated carbocycles. The van der Waals surface area contributed by atoms with Crippen molar-refractivity contribution in [2.24, 2.45) is 17.1 Å². The van der Waals surface area contributed by atoms with Crippen molar-refractivity contribution >= 4 is 23.4 Å². The van der Waals surface area contributed by atoms with E-state index in [2.05, 4.69) is 20.9 Å². The molecule has 1 spiro atoms. The third-order valence-electron chi connectivity index (χ3n) is 9.44. The molecule has 0 amide bonds. The minimum Gasteiger partial charge on any atom is -0.486 e. The van der Waals surface area contributed by atoms with E-state index in [4.69, 9.17) is 30.2 Å². The van der Waals surface area contributed by atoms with Gasteiger partial charge in [-0.2, -0.15) is 0 Å². The zero-order valence-corrected chi connectivity index (χ0v) is 24.2. The predicted molar refractivity (Wildman–Crippen MR) is 156 cm³/mol. The van der Waals surface area contributed by atoms with Crippen molar-refractivity contribution in [1.82, 2.24) is 19.9 Å². The maximum Gasteiger partial charge on any atom is 0.175 e. The van der Waals surface area contributed by atoms with Gasteiger partial charge in [-0.25, -0.2) is 15.0 Å². The highest BCUT2D eigenvalue weighted by Gasteiger charge is 2.47. The van der Waals surface area contributed by atoms with Crippen LogP contribution < -0.4 is 20.3 Å². The summed E-state index contributed by atoms with van der Waals surface area (Å²) in [6, 6.07) is 6.43. The number of aliphatic hydroxyl groups is 1. The zero-order valence-electron chi connectivity index (χ0n) is 23.4. The van der Waals surface area contributed by atoms with Crippen molar-refractivity contribution in [3.63, 3.8) is 0 Å². The highest BCUT2D eigenvalue weighted by Crippen LogP contribution is 2.50. The van der Waals surface area contributed by atoms with E-state index >= 15 is 0 Å². The first-order valence-electron chi connectivity index (χ1n) is 14.5. The second kappa shape index (κ2) is 11.0. The number of anilines is 2. The summed E-state index contributed by atoms with van der Waals surface area (Å²) in [6.07, 6.45) is 10.5. The van der Waals surface area contributed by atoms with Crippen LogP contribution in [0.15, 0.2) is 46.7 Å².